The van der Waals surface area contributed by atoms with Crippen LogP contribution < -0.4 is 0 Å². The molecule has 4 rings (SSSR count). The van der Waals surface area contributed by atoms with Gasteiger partial charge < -0.3 is 9.80 Å². The van der Waals surface area contributed by atoms with Gasteiger partial charge in [0.15, 0.2) is 0 Å². The van der Waals surface area contributed by atoms with Gasteiger partial charge in [0.25, 0.3) is 0 Å². The molecule has 0 saturated carbocycles. The van der Waals surface area contributed by atoms with Crippen molar-refractivity contribution in [3.8, 4) is 0 Å². The van der Waals surface area contributed by atoms with E-state index >= 15 is 0 Å². The highest BCUT2D eigenvalue weighted by molar-refractivity contribution is 7.10. The Labute approximate surface area is 187 Å². The quantitative estimate of drug-likeness (QED) is 0.678. The van der Waals surface area contributed by atoms with Crippen molar-refractivity contribution in [3.05, 3.63) is 57.3 Å². The van der Waals surface area contributed by atoms with Gasteiger partial charge in [0.2, 0.25) is 11.8 Å². The van der Waals surface area contributed by atoms with Gasteiger partial charge >= 0.3 is 0 Å². The number of hydrogen-bond donors (Lipinski definition) is 0. The Kier molecular flexibility index (Phi) is 6.46. The molecule has 7 heteroatoms. The van der Waals surface area contributed by atoms with Crippen molar-refractivity contribution in [1.82, 2.24) is 14.7 Å². The Morgan fingerprint density at radius 3 is 2.63 bits per heavy atom. The third-order valence-electron chi connectivity index (χ3n) is 6.30. The second kappa shape index (κ2) is 9.08. The summed E-state index contributed by atoms with van der Waals surface area (Å²) in [5.41, 5.74) is 3.86. The summed E-state index contributed by atoms with van der Waals surface area (Å²) < 4.78 is 0. The second-order valence-corrected chi connectivity index (χ2v) is 9.46. The number of aryl methyl sites for hydroxylation is 1. The summed E-state index contributed by atoms with van der Waals surface area (Å²) in [6.07, 6.45) is 0.983. The Hall–Kier alpha value is -1.89. The monoisotopic (exact) mass is 445 g/mol. The van der Waals surface area contributed by atoms with E-state index in [2.05, 4.69) is 47.5 Å². The smallest absolute Gasteiger partial charge is 0.237 e. The lowest BCUT2D eigenvalue weighted by atomic mass is 9.90. The number of carbonyl (C=O) groups is 2. The van der Waals surface area contributed by atoms with Crippen LogP contribution in [0.25, 0.3) is 0 Å². The highest BCUT2D eigenvalue weighted by Crippen LogP contribution is 2.38. The SMILES string of the molecule is Cc1ccccc1[C@@H]1c2ccsc2CCN1CC(=O)N1CCN(C(=O)CCl)[C@@H](C)C1. The molecule has 0 bridgehead atoms. The van der Waals surface area contributed by atoms with Crippen LogP contribution in [0.4, 0.5) is 0 Å². The Balaban J connectivity index is 1.51. The highest BCUT2D eigenvalue weighted by atomic mass is 35.5. The number of rotatable bonds is 4. The molecule has 2 aromatic rings. The lowest BCUT2D eigenvalue weighted by molar-refractivity contribution is -0.142. The molecule has 5 nitrogen and oxygen atoms in total. The minimum absolute atomic E-state index is 0.00680. The summed E-state index contributed by atoms with van der Waals surface area (Å²) in [7, 11) is 0. The average molecular weight is 446 g/mol. The van der Waals surface area contributed by atoms with E-state index in [1.807, 2.05) is 23.2 Å². The summed E-state index contributed by atoms with van der Waals surface area (Å²) in [5.74, 6) is 0.0710. The molecule has 2 atom stereocenters. The first-order chi connectivity index (χ1) is 14.5. The third-order valence-corrected chi connectivity index (χ3v) is 7.53. The summed E-state index contributed by atoms with van der Waals surface area (Å²) in [5, 5.41) is 2.16. The number of hydrogen-bond acceptors (Lipinski definition) is 4. The number of piperazine rings is 1. The van der Waals surface area contributed by atoms with Crippen molar-refractivity contribution in [1.29, 1.82) is 0 Å². The van der Waals surface area contributed by atoms with Gasteiger partial charge in [0.05, 0.1) is 12.6 Å². The van der Waals surface area contributed by atoms with Gasteiger partial charge in [-0.25, -0.2) is 0 Å². The zero-order valence-corrected chi connectivity index (χ0v) is 19.1. The maximum atomic E-state index is 13.2. The molecule has 1 aromatic heterocycles. The zero-order valence-electron chi connectivity index (χ0n) is 17.5. The second-order valence-electron chi connectivity index (χ2n) is 8.19. The molecule has 0 spiro atoms. The number of benzene rings is 1. The molecule has 0 aliphatic carbocycles. The predicted octanol–water partition coefficient (Wildman–Crippen LogP) is 3.30. The van der Waals surface area contributed by atoms with E-state index in [0.29, 0.717) is 26.2 Å². The molecule has 0 radical (unpaired) electrons. The summed E-state index contributed by atoms with van der Waals surface area (Å²) >= 11 is 7.53. The van der Waals surface area contributed by atoms with E-state index in [1.165, 1.54) is 21.6 Å². The van der Waals surface area contributed by atoms with E-state index in [1.54, 1.807) is 4.90 Å². The fourth-order valence-electron chi connectivity index (χ4n) is 4.70. The number of alkyl halides is 1. The van der Waals surface area contributed by atoms with Crippen LogP contribution in [0.3, 0.4) is 0 Å². The normalized spacial score (nSPS) is 22.1. The van der Waals surface area contributed by atoms with Crippen LogP contribution in [0, 0.1) is 6.92 Å². The van der Waals surface area contributed by atoms with Crippen LogP contribution in [0.15, 0.2) is 35.7 Å². The van der Waals surface area contributed by atoms with Crippen molar-refractivity contribution in [3.63, 3.8) is 0 Å². The molecule has 160 valence electrons. The van der Waals surface area contributed by atoms with Crippen molar-refractivity contribution in [2.45, 2.75) is 32.4 Å². The summed E-state index contributed by atoms with van der Waals surface area (Å²) in [6, 6.07) is 10.8. The maximum Gasteiger partial charge on any atom is 0.237 e. The first kappa shape index (κ1) is 21.3. The van der Waals surface area contributed by atoms with E-state index in [4.69, 9.17) is 11.6 Å². The summed E-state index contributed by atoms with van der Waals surface area (Å²) in [6.45, 7) is 7.08. The van der Waals surface area contributed by atoms with Gasteiger partial charge in [-0.2, -0.15) is 0 Å². The number of nitrogens with zero attached hydrogens (tertiary/aromatic N) is 3. The molecule has 30 heavy (non-hydrogen) atoms. The number of carbonyl (C=O) groups excluding carboxylic acids is 2. The van der Waals surface area contributed by atoms with Gasteiger partial charge in [-0.1, -0.05) is 24.3 Å². The molecule has 1 fully saturated rings. The summed E-state index contributed by atoms with van der Waals surface area (Å²) in [4.78, 5) is 32.6. The fraction of sp³-hybridized carbons (Fsp3) is 0.478. The molecule has 1 saturated heterocycles. The van der Waals surface area contributed by atoms with Crippen molar-refractivity contribution >= 4 is 34.8 Å². The van der Waals surface area contributed by atoms with Crippen LogP contribution in [0.5, 0.6) is 0 Å². The molecular weight excluding hydrogens is 418 g/mol. The van der Waals surface area contributed by atoms with E-state index in [0.717, 1.165) is 13.0 Å². The average Bonchev–Trinajstić information content (AvgIpc) is 3.22. The number of amides is 2. The van der Waals surface area contributed by atoms with Gasteiger partial charge in [-0.05, 0) is 48.4 Å². The lowest BCUT2D eigenvalue weighted by Crippen LogP contribution is -2.57. The third kappa shape index (κ3) is 4.13. The van der Waals surface area contributed by atoms with Crippen molar-refractivity contribution < 1.29 is 9.59 Å². The van der Waals surface area contributed by atoms with Crippen molar-refractivity contribution in [2.24, 2.45) is 0 Å². The lowest BCUT2D eigenvalue weighted by Gasteiger charge is -2.42. The van der Waals surface area contributed by atoms with E-state index in [9.17, 15) is 9.59 Å². The van der Waals surface area contributed by atoms with Gasteiger partial charge in [0, 0.05) is 37.1 Å². The number of thiophene rings is 1. The molecular formula is C23H28ClN3O2S. The number of fused-ring (bicyclic) bond motifs is 1. The molecule has 3 heterocycles. The fourth-order valence-corrected chi connectivity index (χ4v) is 5.76. The first-order valence-corrected chi connectivity index (χ1v) is 11.9. The van der Waals surface area contributed by atoms with E-state index in [-0.39, 0.29) is 29.8 Å². The van der Waals surface area contributed by atoms with Gasteiger partial charge in [0.1, 0.15) is 5.88 Å². The van der Waals surface area contributed by atoms with Crippen LogP contribution in [0.1, 0.15) is 34.5 Å². The Bertz CT molecular complexity index is 931. The molecule has 2 aliphatic heterocycles. The Morgan fingerprint density at radius 2 is 1.90 bits per heavy atom. The maximum absolute atomic E-state index is 13.2. The first-order valence-electron chi connectivity index (χ1n) is 10.5. The van der Waals surface area contributed by atoms with Crippen LogP contribution in [-0.4, -0.2) is 71.2 Å². The van der Waals surface area contributed by atoms with Crippen LogP contribution >= 0.6 is 22.9 Å². The number of halogens is 1. The minimum atomic E-state index is -0.0584. The molecule has 0 N–H and O–H groups in total. The molecule has 2 aliphatic rings. The van der Waals surface area contributed by atoms with Gasteiger partial charge in [-0.15, -0.1) is 22.9 Å². The minimum Gasteiger partial charge on any atom is -0.338 e. The predicted molar refractivity (Wildman–Crippen MR) is 121 cm³/mol. The Morgan fingerprint density at radius 1 is 1.10 bits per heavy atom. The molecule has 2 amide bonds. The zero-order chi connectivity index (χ0) is 21.3. The topological polar surface area (TPSA) is 43.9 Å². The van der Waals surface area contributed by atoms with E-state index < -0.39 is 0 Å². The van der Waals surface area contributed by atoms with Crippen molar-refractivity contribution in [2.75, 3.05) is 38.6 Å². The highest BCUT2D eigenvalue weighted by Gasteiger charge is 2.34. The van der Waals surface area contributed by atoms with Crippen LogP contribution in [0.2, 0.25) is 0 Å². The largest absolute Gasteiger partial charge is 0.338 e. The van der Waals surface area contributed by atoms with Crippen LogP contribution in [-0.2, 0) is 16.0 Å². The standard InChI is InChI=1S/C23H28ClN3O2S/c1-16-5-3-4-6-18(16)23-19-8-12-30-20(19)7-9-26(23)15-22(29)25-10-11-27(17(2)14-25)21(28)13-24/h3-6,8,12,17,23H,7,9-11,13-15H2,1-2H3/t17-,23+/m0/s1. The molecule has 1 aromatic carbocycles. The van der Waals surface area contributed by atoms with Gasteiger partial charge in [-0.3, -0.25) is 14.5 Å². The molecule has 0 unspecified atom stereocenters.